The topological polar surface area (TPSA) is 17.1 Å². The summed E-state index contributed by atoms with van der Waals surface area (Å²) in [5.74, 6) is 12.5. The molecule has 8 rings (SSSR count). The van der Waals surface area contributed by atoms with Crippen molar-refractivity contribution in [1.82, 2.24) is 0 Å². The first-order chi connectivity index (χ1) is 20.4. The Hall–Kier alpha value is -0.330. The van der Waals surface area contributed by atoms with Crippen LogP contribution < -0.4 is 0 Å². The molecule has 8 fully saturated rings. The molecule has 0 amide bonds. The van der Waals surface area contributed by atoms with Crippen LogP contribution in [0.1, 0.15) is 156 Å². The van der Waals surface area contributed by atoms with Gasteiger partial charge in [0.1, 0.15) is 5.78 Å². The van der Waals surface area contributed by atoms with E-state index < -0.39 is 0 Å². The van der Waals surface area contributed by atoms with Gasteiger partial charge in [-0.1, -0.05) is 66.2 Å². The minimum absolute atomic E-state index is 0.429. The van der Waals surface area contributed by atoms with Crippen LogP contribution in [0.3, 0.4) is 0 Å². The van der Waals surface area contributed by atoms with Gasteiger partial charge in [-0.3, -0.25) is 4.79 Å². The summed E-state index contributed by atoms with van der Waals surface area (Å²) < 4.78 is 0. The van der Waals surface area contributed by atoms with Crippen LogP contribution >= 0.6 is 0 Å². The highest BCUT2D eigenvalue weighted by molar-refractivity contribution is 5.84. The van der Waals surface area contributed by atoms with E-state index in [0.717, 1.165) is 76.8 Å². The van der Waals surface area contributed by atoms with Crippen LogP contribution in [0.2, 0.25) is 0 Å². The zero-order valence-corrected chi connectivity index (χ0v) is 28.1. The summed E-state index contributed by atoms with van der Waals surface area (Å²) in [5.41, 5.74) is 1.22. The Kier molecular flexibility index (Phi) is 7.54. The fraction of sp³-hybridized carbons (Fsp3) is 0.976. The second kappa shape index (κ2) is 10.9. The molecule has 1 nitrogen and oxygen atoms in total. The predicted molar refractivity (Wildman–Crippen MR) is 174 cm³/mol. The summed E-state index contributed by atoms with van der Waals surface area (Å²) in [6.07, 6.45) is 28.6. The van der Waals surface area contributed by atoms with Crippen LogP contribution in [0.5, 0.6) is 0 Å². The van der Waals surface area contributed by atoms with Gasteiger partial charge in [0.2, 0.25) is 0 Å². The van der Waals surface area contributed by atoms with E-state index in [1.54, 1.807) is 0 Å². The molecule has 42 heavy (non-hydrogen) atoms. The lowest BCUT2D eigenvalue weighted by Crippen LogP contribution is -2.54. The molecule has 0 aromatic carbocycles. The van der Waals surface area contributed by atoms with Crippen LogP contribution in [-0.2, 0) is 4.79 Å². The lowest BCUT2D eigenvalue weighted by Gasteiger charge is -2.59. The van der Waals surface area contributed by atoms with Crippen LogP contribution in [0, 0.1) is 93.7 Å². The Balaban J connectivity index is 1.05. The Bertz CT molecular complexity index is 936. The van der Waals surface area contributed by atoms with Crippen molar-refractivity contribution in [3.8, 4) is 0 Å². The van der Waals surface area contributed by atoms with Gasteiger partial charge in [0.25, 0.3) is 0 Å². The van der Waals surface area contributed by atoms with Gasteiger partial charge in [-0.05, 0) is 172 Å². The number of rotatable bonds is 4. The summed E-state index contributed by atoms with van der Waals surface area (Å²) in [5, 5.41) is 0. The molecular formula is C41H66O. The van der Waals surface area contributed by atoms with Gasteiger partial charge in [-0.15, -0.1) is 0 Å². The number of Topliss-reactive ketones (excluding diaryl/α,β-unsaturated/α-hetero) is 1. The zero-order valence-electron chi connectivity index (χ0n) is 28.1. The first-order valence-corrected chi connectivity index (χ1v) is 19.9. The summed E-state index contributed by atoms with van der Waals surface area (Å²) in [7, 11) is 0. The number of fused-ring (bicyclic) bond motifs is 10. The third-order valence-electron chi connectivity index (χ3n) is 18.0. The number of carbonyl (C=O) groups excluding carboxylic acids is 1. The minimum atomic E-state index is 0.429. The van der Waals surface area contributed by atoms with E-state index in [1.165, 1.54) is 128 Å². The van der Waals surface area contributed by atoms with Gasteiger partial charge >= 0.3 is 0 Å². The van der Waals surface area contributed by atoms with Crippen molar-refractivity contribution in [1.29, 1.82) is 0 Å². The number of hydrogen-bond acceptors (Lipinski definition) is 1. The maximum absolute atomic E-state index is 15.2. The minimum Gasteiger partial charge on any atom is -0.299 e. The van der Waals surface area contributed by atoms with Crippen molar-refractivity contribution in [3.05, 3.63) is 0 Å². The first-order valence-electron chi connectivity index (χ1n) is 19.9. The molecule has 236 valence electrons. The first kappa shape index (κ1) is 29.1. The van der Waals surface area contributed by atoms with Crippen molar-refractivity contribution in [2.45, 2.75) is 156 Å². The molecule has 0 bridgehead atoms. The summed E-state index contributed by atoms with van der Waals surface area (Å²) >= 11 is 0. The molecule has 0 aromatic heterocycles. The Labute approximate surface area is 259 Å². The van der Waals surface area contributed by atoms with Crippen LogP contribution in [0.25, 0.3) is 0 Å². The van der Waals surface area contributed by atoms with Crippen LogP contribution in [0.15, 0.2) is 0 Å². The quantitative estimate of drug-likeness (QED) is 0.326. The van der Waals surface area contributed by atoms with E-state index in [2.05, 4.69) is 27.7 Å². The van der Waals surface area contributed by atoms with E-state index in [0.29, 0.717) is 22.7 Å². The highest BCUT2D eigenvalue weighted by Gasteiger charge is 2.61. The lowest BCUT2D eigenvalue weighted by atomic mass is 9.45. The Morgan fingerprint density at radius 2 is 0.976 bits per heavy atom. The van der Waals surface area contributed by atoms with E-state index in [1.807, 2.05) is 0 Å². The molecule has 0 aromatic rings. The van der Waals surface area contributed by atoms with E-state index in [9.17, 15) is 0 Å². The number of hydrogen-bond donors (Lipinski definition) is 0. The second-order valence-electron chi connectivity index (χ2n) is 18.6. The fourth-order valence-corrected chi connectivity index (χ4v) is 16.3. The van der Waals surface area contributed by atoms with Crippen molar-refractivity contribution < 1.29 is 4.79 Å². The van der Waals surface area contributed by atoms with Gasteiger partial charge in [0, 0.05) is 11.8 Å². The molecule has 8 saturated carbocycles. The van der Waals surface area contributed by atoms with Crippen LogP contribution in [0.4, 0.5) is 0 Å². The second-order valence-corrected chi connectivity index (χ2v) is 18.6. The Morgan fingerprint density at radius 3 is 1.40 bits per heavy atom. The van der Waals surface area contributed by atoms with Gasteiger partial charge in [-0.2, -0.15) is 0 Å². The molecule has 0 aliphatic heterocycles. The molecule has 0 spiro atoms. The Morgan fingerprint density at radius 1 is 0.524 bits per heavy atom. The van der Waals surface area contributed by atoms with Crippen LogP contribution in [-0.4, -0.2) is 5.78 Å². The van der Waals surface area contributed by atoms with E-state index >= 15 is 4.79 Å². The summed E-state index contributed by atoms with van der Waals surface area (Å²) in [6, 6.07) is 0. The van der Waals surface area contributed by atoms with Crippen molar-refractivity contribution in [2.24, 2.45) is 93.7 Å². The van der Waals surface area contributed by atoms with Crippen molar-refractivity contribution in [2.75, 3.05) is 0 Å². The molecule has 0 radical (unpaired) electrons. The molecule has 8 aliphatic carbocycles. The molecule has 16 atom stereocenters. The largest absolute Gasteiger partial charge is 0.299 e. The molecule has 0 N–H and O–H groups in total. The lowest BCUT2D eigenvalue weighted by molar-refractivity contribution is -0.149. The van der Waals surface area contributed by atoms with Gasteiger partial charge < -0.3 is 0 Å². The SMILES string of the molecule is CC[C@H]1CC[C@H]2[C@@H]3CCC4CCCC(C(=O)C5CCCC6CC[C@@H]7[C@H](CC[C@]8(C)[C@@H](CC)CC[C@@H]78)[C@@H]65)[C@H]4[C@H]3CC[C@]12C. The molecule has 8 aliphatic rings. The third kappa shape index (κ3) is 4.14. The highest BCUT2D eigenvalue weighted by atomic mass is 16.1. The highest BCUT2D eigenvalue weighted by Crippen LogP contribution is 2.68. The third-order valence-corrected chi connectivity index (χ3v) is 18.0. The predicted octanol–water partition coefficient (Wildman–Crippen LogP) is 11.1. The fourth-order valence-electron chi connectivity index (χ4n) is 16.3. The standard InChI is InChI=1S/C41H66O/c1-5-27-15-19-35-29-17-13-25-9-7-11-33(37(25)31(29)21-23-40(27,35)3)39(42)34-12-8-10-26-14-18-30-32(38(26)34)22-24-41(4)28(6-2)16-20-36(30)41/h25-38H,5-24H2,1-4H3/t25?,26?,27-,28-,29+,30+,31-,32-,33?,34?,35-,36-,37+,38+,40+,41+/m0/s1. The molecule has 0 heterocycles. The van der Waals surface area contributed by atoms with E-state index in [-0.39, 0.29) is 0 Å². The average molecular weight is 575 g/mol. The maximum Gasteiger partial charge on any atom is 0.139 e. The summed E-state index contributed by atoms with van der Waals surface area (Å²) in [6.45, 7) is 10.3. The van der Waals surface area contributed by atoms with E-state index in [4.69, 9.17) is 0 Å². The van der Waals surface area contributed by atoms with Crippen molar-refractivity contribution in [3.63, 3.8) is 0 Å². The molecule has 0 saturated heterocycles. The molecule has 4 unspecified atom stereocenters. The number of carbonyl (C=O) groups is 1. The monoisotopic (exact) mass is 575 g/mol. The average Bonchev–Trinajstić information content (AvgIpc) is 3.55. The molecule has 1 heteroatoms. The summed E-state index contributed by atoms with van der Waals surface area (Å²) in [4.78, 5) is 15.2. The van der Waals surface area contributed by atoms with Gasteiger partial charge in [0.05, 0.1) is 0 Å². The van der Waals surface area contributed by atoms with Gasteiger partial charge in [-0.25, -0.2) is 0 Å². The van der Waals surface area contributed by atoms with Crippen molar-refractivity contribution >= 4 is 5.78 Å². The van der Waals surface area contributed by atoms with Gasteiger partial charge in [0.15, 0.2) is 0 Å². The number of ketones is 1. The molecular weight excluding hydrogens is 508 g/mol. The normalized spacial score (nSPS) is 56.8. The zero-order chi connectivity index (χ0) is 28.8. The smallest absolute Gasteiger partial charge is 0.139 e. The maximum atomic E-state index is 15.2.